The quantitative estimate of drug-likeness (QED) is 0.617. The first-order chi connectivity index (χ1) is 9.16. The first-order valence-corrected chi connectivity index (χ1v) is 5.73. The Morgan fingerprint density at radius 1 is 1.37 bits per heavy atom. The maximum absolute atomic E-state index is 11.7. The molecule has 0 saturated carbocycles. The van der Waals surface area contributed by atoms with Crippen LogP contribution in [-0.4, -0.2) is 22.1 Å². The number of rotatable bonds is 5. The zero-order valence-corrected chi connectivity index (χ0v) is 10.1. The van der Waals surface area contributed by atoms with Crippen molar-refractivity contribution in [1.82, 2.24) is 9.55 Å². The highest BCUT2D eigenvalue weighted by Gasteiger charge is 2.07. The number of esters is 1. The van der Waals surface area contributed by atoms with Crippen LogP contribution in [-0.2, 0) is 16.1 Å². The Labute approximate surface area is 108 Å². The Balaban J connectivity index is 1.90. The number of hydrogen-bond acceptors (Lipinski definition) is 3. The van der Waals surface area contributed by atoms with E-state index >= 15 is 0 Å². The minimum atomic E-state index is -1.77. The van der Waals surface area contributed by atoms with E-state index in [2.05, 4.69) is 4.98 Å². The average molecular weight is 266 g/mol. The van der Waals surface area contributed by atoms with Gasteiger partial charge in [-0.2, -0.15) is 8.78 Å². The van der Waals surface area contributed by atoms with Gasteiger partial charge in [-0.1, -0.05) is 12.1 Å². The van der Waals surface area contributed by atoms with Gasteiger partial charge in [-0.15, -0.1) is 0 Å². The van der Waals surface area contributed by atoms with Gasteiger partial charge in [0.1, 0.15) is 6.54 Å². The maximum atomic E-state index is 11.7. The van der Waals surface area contributed by atoms with E-state index in [1.807, 2.05) is 24.3 Å². The monoisotopic (exact) mass is 266 g/mol. The summed E-state index contributed by atoms with van der Waals surface area (Å²) in [4.78, 5) is 15.7. The zero-order chi connectivity index (χ0) is 13.7. The number of ether oxygens (including phenoxy) is 1. The van der Waals surface area contributed by atoms with Crippen LogP contribution in [0.1, 0.15) is 6.42 Å². The van der Waals surface area contributed by atoms with Gasteiger partial charge in [-0.3, -0.25) is 4.79 Å². The lowest BCUT2D eigenvalue weighted by Gasteiger charge is -2.04. The highest BCUT2D eigenvalue weighted by molar-refractivity contribution is 5.78. The largest absolute Gasteiger partial charge is 0.464 e. The number of carbonyl (C=O) groups excluding carboxylic acids is 1. The molecule has 1 aromatic heterocycles. The number of aromatic nitrogens is 2. The normalized spacial score (nSPS) is 10.4. The average Bonchev–Trinajstić information content (AvgIpc) is 2.78. The van der Waals surface area contributed by atoms with Gasteiger partial charge in [0, 0.05) is 6.42 Å². The van der Waals surface area contributed by atoms with Crippen molar-refractivity contribution >= 4 is 17.0 Å². The van der Waals surface area contributed by atoms with Gasteiger partial charge in [0.25, 0.3) is 6.08 Å². The second-order valence-corrected chi connectivity index (χ2v) is 3.86. The number of hydrogen-bond donors (Lipinski definition) is 0. The first-order valence-electron chi connectivity index (χ1n) is 5.73. The van der Waals surface area contributed by atoms with Crippen molar-refractivity contribution in [2.75, 3.05) is 6.61 Å². The summed E-state index contributed by atoms with van der Waals surface area (Å²) in [7, 11) is 0. The molecule has 100 valence electrons. The molecule has 0 spiro atoms. The first kappa shape index (κ1) is 13.2. The van der Waals surface area contributed by atoms with Crippen LogP contribution >= 0.6 is 0 Å². The predicted molar refractivity (Wildman–Crippen MR) is 65.6 cm³/mol. The molecule has 0 radical (unpaired) electrons. The van der Waals surface area contributed by atoms with Crippen LogP contribution in [0.25, 0.3) is 11.0 Å². The van der Waals surface area contributed by atoms with E-state index in [-0.39, 0.29) is 19.6 Å². The van der Waals surface area contributed by atoms with Crippen molar-refractivity contribution in [1.29, 1.82) is 0 Å². The minimum Gasteiger partial charge on any atom is -0.464 e. The maximum Gasteiger partial charge on any atom is 0.326 e. The van der Waals surface area contributed by atoms with Crippen molar-refractivity contribution in [3.05, 3.63) is 42.7 Å². The third kappa shape index (κ3) is 3.61. The molecule has 0 atom stereocenters. The lowest BCUT2D eigenvalue weighted by molar-refractivity contribution is -0.144. The molecular weight excluding hydrogens is 254 g/mol. The van der Waals surface area contributed by atoms with Crippen LogP contribution in [0.15, 0.2) is 42.7 Å². The summed E-state index contributed by atoms with van der Waals surface area (Å²) in [6.45, 7) is -0.0366. The van der Waals surface area contributed by atoms with Crippen LogP contribution in [0.2, 0.25) is 0 Å². The Hall–Kier alpha value is -2.24. The number of para-hydroxylation sites is 2. The van der Waals surface area contributed by atoms with Gasteiger partial charge in [-0.25, -0.2) is 4.98 Å². The van der Waals surface area contributed by atoms with E-state index in [9.17, 15) is 13.6 Å². The Morgan fingerprint density at radius 3 is 2.95 bits per heavy atom. The van der Waals surface area contributed by atoms with Gasteiger partial charge in [0.2, 0.25) is 0 Å². The summed E-state index contributed by atoms with van der Waals surface area (Å²) < 4.78 is 30.0. The van der Waals surface area contributed by atoms with Crippen LogP contribution in [0.4, 0.5) is 8.78 Å². The molecule has 1 heterocycles. The highest BCUT2D eigenvalue weighted by atomic mass is 19.3. The van der Waals surface area contributed by atoms with Crippen molar-refractivity contribution in [2.24, 2.45) is 0 Å². The molecule has 1 aromatic carbocycles. The smallest absolute Gasteiger partial charge is 0.326 e. The molecule has 0 saturated heterocycles. The number of fused-ring (bicyclic) bond motifs is 1. The van der Waals surface area contributed by atoms with Crippen molar-refractivity contribution in [3.63, 3.8) is 0 Å². The number of halogens is 2. The lowest BCUT2D eigenvalue weighted by atomic mass is 10.3. The summed E-state index contributed by atoms with van der Waals surface area (Å²) in [6.07, 6.45) is 0.516. The molecule has 2 aromatic rings. The Bertz CT molecular complexity index is 603. The van der Waals surface area contributed by atoms with Crippen molar-refractivity contribution in [2.45, 2.75) is 13.0 Å². The van der Waals surface area contributed by atoms with Gasteiger partial charge in [0.15, 0.2) is 0 Å². The van der Waals surface area contributed by atoms with Crippen LogP contribution in [0.5, 0.6) is 0 Å². The molecule has 0 fully saturated rings. The molecule has 0 amide bonds. The molecule has 4 nitrogen and oxygen atoms in total. The summed E-state index contributed by atoms with van der Waals surface area (Å²) in [5, 5.41) is 0. The minimum absolute atomic E-state index is 0.0126. The van der Waals surface area contributed by atoms with Gasteiger partial charge in [-0.05, 0) is 18.2 Å². The lowest BCUT2D eigenvalue weighted by Crippen LogP contribution is -2.13. The summed E-state index contributed by atoms with van der Waals surface area (Å²) in [5.74, 6) is -0.476. The molecule has 0 unspecified atom stereocenters. The van der Waals surface area contributed by atoms with Crippen LogP contribution in [0, 0.1) is 0 Å². The number of imidazole rings is 1. The van der Waals surface area contributed by atoms with E-state index in [4.69, 9.17) is 4.74 Å². The second-order valence-electron chi connectivity index (χ2n) is 3.86. The molecule has 0 aliphatic heterocycles. The van der Waals surface area contributed by atoms with E-state index in [0.29, 0.717) is 0 Å². The number of carbonyl (C=O) groups is 1. The van der Waals surface area contributed by atoms with E-state index in [0.717, 1.165) is 17.1 Å². The van der Waals surface area contributed by atoms with Crippen LogP contribution < -0.4 is 0 Å². The molecule has 0 N–H and O–H groups in total. The molecule has 0 aliphatic carbocycles. The second kappa shape index (κ2) is 6.08. The van der Waals surface area contributed by atoms with Gasteiger partial charge < -0.3 is 9.30 Å². The predicted octanol–water partition coefficient (Wildman–Crippen LogP) is 2.75. The van der Waals surface area contributed by atoms with Crippen LogP contribution in [0.3, 0.4) is 0 Å². The molecule has 2 rings (SSSR count). The summed E-state index contributed by atoms with van der Waals surface area (Å²) >= 11 is 0. The fourth-order valence-corrected chi connectivity index (χ4v) is 1.66. The fourth-order valence-electron chi connectivity index (χ4n) is 1.66. The molecule has 0 aliphatic rings. The van der Waals surface area contributed by atoms with Gasteiger partial charge >= 0.3 is 5.97 Å². The highest BCUT2D eigenvalue weighted by Crippen LogP contribution is 2.11. The summed E-state index contributed by atoms with van der Waals surface area (Å²) in [5.41, 5.74) is 1.62. The fraction of sp³-hybridized carbons (Fsp3) is 0.231. The van der Waals surface area contributed by atoms with E-state index in [1.165, 1.54) is 0 Å². The van der Waals surface area contributed by atoms with Crippen molar-refractivity contribution < 1.29 is 18.3 Å². The SMILES string of the molecule is O=C(Cn1cnc2ccccc21)OCCC=C(F)F. The Morgan fingerprint density at radius 2 is 2.16 bits per heavy atom. The standard InChI is InChI=1S/C13H12F2N2O2/c14-12(15)6-3-7-19-13(18)8-17-9-16-10-4-1-2-5-11(10)17/h1-2,4-6,9H,3,7-8H2. The zero-order valence-electron chi connectivity index (χ0n) is 10.1. The third-order valence-electron chi connectivity index (χ3n) is 2.51. The van der Waals surface area contributed by atoms with Crippen molar-refractivity contribution in [3.8, 4) is 0 Å². The van der Waals surface area contributed by atoms with Gasteiger partial charge in [0.05, 0.1) is 24.0 Å². The molecule has 0 bridgehead atoms. The van der Waals surface area contributed by atoms with E-state index in [1.54, 1.807) is 10.9 Å². The molecular formula is C13H12F2N2O2. The number of nitrogens with zero attached hydrogens (tertiary/aromatic N) is 2. The number of benzene rings is 1. The summed E-state index contributed by atoms with van der Waals surface area (Å²) in [6, 6.07) is 7.39. The Kier molecular flexibility index (Phi) is 4.22. The third-order valence-corrected chi connectivity index (χ3v) is 2.51. The van der Waals surface area contributed by atoms with E-state index < -0.39 is 12.0 Å². The molecule has 19 heavy (non-hydrogen) atoms. The molecule has 6 heteroatoms. The topological polar surface area (TPSA) is 44.1 Å².